The maximum Gasteiger partial charge on any atom is 0.270 e. The molecule has 1 unspecified atom stereocenters. The van der Waals surface area contributed by atoms with Crippen LogP contribution < -0.4 is 14.8 Å². The first kappa shape index (κ1) is 19.2. The Morgan fingerprint density at radius 3 is 2.69 bits per heavy atom. The summed E-state index contributed by atoms with van der Waals surface area (Å²) in [5.41, 5.74) is 1.01. The Morgan fingerprint density at radius 1 is 1.27 bits per heavy atom. The molecule has 2 aromatic carbocycles. The van der Waals surface area contributed by atoms with Gasteiger partial charge in [-0.1, -0.05) is 12.1 Å². The molecule has 0 saturated carbocycles. The van der Waals surface area contributed by atoms with E-state index in [0.29, 0.717) is 18.8 Å². The van der Waals surface area contributed by atoms with Crippen molar-refractivity contribution >= 4 is 11.6 Å². The first-order chi connectivity index (χ1) is 12.4. The van der Waals surface area contributed by atoms with Gasteiger partial charge in [-0.05, 0) is 44.0 Å². The normalized spacial score (nSPS) is 11.5. The fraction of sp³-hybridized carbons (Fsp3) is 0.316. The van der Waals surface area contributed by atoms with Crippen LogP contribution in [0, 0.1) is 10.1 Å². The fourth-order valence-corrected chi connectivity index (χ4v) is 2.60. The van der Waals surface area contributed by atoms with E-state index in [9.17, 15) is 14.9 Å². The number of amides is 1. The number of nitrogens with one attached hydrogen (secondary N) is 1. The van der Waals surface area contributed by atoms with Crippen molar-refractivity contribution in [2.75, 3.05) is 13.7 Å². The molecular formula is C19H22N2O5. The van der Waals surface area contributed by atoms with Crippen LogP contribution in [0.5, 0.6) is 11.5 Å². The van der Waals surface area contributed by atoms with Gasteiger partial charge in [0.05, 0.1) is 24.2 Å². The van der Waals surface area contributed by atoms with Gasteiger partial charge in [0.25, 0.3) is 11.6 Å². The minimum Gasteiger partial charge on any atom is -0.497 e. The zero-order chi connectivity index (χ0) is 19.1. The van der Waals surface area contributed by atoms with Crippen LogP contribution in [0.25, 0.3) is 0 Å². The smallest absolute Gasteiger partial charge is 0.270 e. The Hall–Kier alpha value is -3.09. The number of rotatable bonds is 8. The Bertz CT molecular complexity index is 791. The second kappa shape index (κ2) is 8.84. The van der Waals surface area contributed by atoms with Gasteiger partial charge in [-0.2, -0.15) is 0 Å². The van der Waals surface area contributed by atoms with Crippen LogP contribution in [-0.2, 0) is 6.42 Å². The van der Waals surface area contributed by atoms with Crippen molar-refractivity contribution in [3.8, 4) is 11.5 Å². The van der Waals surface area contributed by atoms with E-state index in [0.717, 1.165) is 11.3 Å². The van der Waals surface area contributed by atoms with Gasteiger partial charge < -0.3 is 14.8 Å². The number of nitro benzene ring substituents is 1. The summed E-state index contributed by atoms with van der Waals surface area (Å²) in [6.45, 7) is 4.01. The average molecular weight is 358 g/mol. The molecule has 1 N–H and O–H groups in total. The topological polar surface area (TPSA) is 90.7 Å². The van der Waals surface area contributed by atoms with Crippen LogP contribution in [0.3, 0.4) is 0 Å². The standard InChI is InChI=1S/C19H22N2O5/c1-4-26-18-9-8-15(21(23)24)12-17(18)19(22)20-13(2)10-14-6-5-7-16(11-14)25-3/h5-9,11-13H,4,10H2,1-3H3,(H,20,22). The molecule has 0 bridgehead atoms. The van der Waals surface area contributed by atoms with Crippen molar-refractivity contribution in [3.05, 3.63) is 63.7 Å². The minimum atomic E-state index is -0.536. The molecule has 2 rings (SSSR count). The molecule has 0 radical (unpaired) electrons. The summed E-state index contributed by atoms with van der Waals surface area (Å²) in [5, 5.41) is 13.9. The number of hydrogen-bond donors (Lipinski definition) is 1. The highest BCUT2D eigenvalue weighted by Crippen LogP contribution is 2.24. The van der Waals surface area contributed by atoms with Crippen LogP contribution in [-0.4, -0.2) is 30.6 Å². The van der Waals surface area contributed by atoms with E-state index in [1.807, 2.05) is 31.2 Å². The molecule has 0 heterocycles. The lowest BCUT2D eigenvalue weighted by atomic mass is 10.1. The predicted molar refractivity (Wildman–Crippen MR) is 97.9 cm³/mol. The van der Waals surface area contributed by atoms with Gasteiger partial charge in [0, 0.05) is 18.2 Å². The number of methoxy groups -OCH3 is 1. The number of hydrogen-bond acceptors (Lipinski definition) is 5. The van der Waals surface area contributed by atoms with Crippen molar-refractivity contribution < 1.29 is 19.2 Å². The third kappa shape index (κ3) is 4.95. The molecule has 1 atom stereocenters. The van der Waals surface area contributed by atoms with E-state index >= 15 is 0 Å². The summed E-state index contributed by atoms with van der Waals surface area (Å²) in [7, 11) is 1.60. The first-order valence-electron chi connectivity index (χ1n) is 8.29. The maximum absolute atomic E-state index is 12.6. The zero-order valence-electron chi connectivity index (χ0n) is 15.0. The molecule has 2 aromatic rings. The van der Waals surface area contributed by atoms with E-state index in [-0.39, 0.29) is 17.3 Å². The lowest BCUT2D eigenvalue weighted by Gasteiger charge is -2.16. The highest BCUT2D eigenvalue weighted by molar-refractivity contribution is 5.97. The summed E-state index contributed by atoms with van der Waals surface area (Å²) in [6.07, 6.45) is 0.599. The molecule has 0 aliphatic rings. The number of nitrogens with zero attached hydrogens (tertiary/aromatic N) is 1. The summed E-state index contributed by atoms with van der Waals surface area (Å²) >= 11 is 0. The summed E-state index contributed by atoms with van der Waals surface area (Å²) < 4.78 is 10.6. The number of benzene rings is 2. The SMILES string of the molecule is CCOc1ccc([N+](=O)[O-])cc1C(=O)NC(C)Cc1cccc(OC)c1. The van der Waals surface area contributed by atoms with E-state index in [4.69, 9.17) is 9.47 Å². The molecule has 0 aromatic heterocycles. The molecule has 1 amide bonds. The quantitative estimate of drug-likeness (QED) is 0.577. The summed E-state index contributed by atoms with van der Waals surface area (Å²) in [5.74, 6) is 0.662. The number of ether oxygens (including phenoxy) is 2. The van der Waals surface area contributed by atoms with Crippen molar-refractivity contribution in [3.63, 3.8) is 0 Å². The lowest BCUT2D eigenvalue weighted by molar-refractivity contribution is -0.384. The van der Waals surface area contributed by atoms with Gasteiger partial charge >= 0.3 is 0 Å². The van der Waals surface area contributed by atoms with Gasteiger partial charge in [-0.25, -0.2) is 0 Å². The number of non-ortho nitro benzene ring substituents is 1. The minimum absolute atomic E-state index is 0.151. The third-order valence-electron chi connectivity index (χ3n) is 3.77. The van der Waals surface area contributed by atoms with E-state index < -0.39 is 10.8 Å². The van der Waals surface area contributed by atoms with Crippen LogP contribution in [0.1, 0.15) is 29.8 Å². The third-order valence-corrected chi connectivity index (χ3v) is 3.77. The summed E-state index contributed by atoms with van der Waals surface area (Å²) in [6, 6.07) is 11.4. The van der Waals surface area contributed by atoms with Crippen molar-refractivity contribution in [1.29, 1.82) is 0 Å². The van der Waals surface area contributed by atoms with Gasteiger partial charge in [0.2, 0.25) is 0 Å². The van der Waals surface area contributed by atoms with Crippen LogP contribution in [0.15, 0.2) is 42.5 Å². The van der Waals surface area contributed by atoms with E-state index in [1.165, 1.54) is 18.2 Å². The second-order valence-corrected chi connectivity index (χ2v) is 5.80. The average Bonchev–Trinajstić information content (AvgIpc) is 2.62. The Kier molecular flexibility index (Phi) is 6.54. The van der Waals surface area contributed by atoms with Crippen molar-refractivity contribution in [2.24, 2.45) is 0 Å². The molecule has 0 saturated heterocycles. The largest absolute Gasteiger partial charge is 0.497 e. The molecular weight excluding hydrogens is 336 g/mol. The molecule has 7 nitrogen and oxygen atoms in total. The van der Waals surface area contributed by atoms with Crippen molar-refractivity contribution in [2.45, 2.75) is 26.3 Å². The van der Waals surface area contributed by atoms with Gasteiger partial charge in [-0.15, -0.1) is 0 Å². The number of nitro groups is 1. The van der Waals surface area contributed by atoms with Crippen LogP contribution in [0.4, 0.5) is 5.69 Å². The Morgan fingerprint density at radius 2 is 2.04 bits per heavy atom. The Balaban J connectivity index is 2.14. The Labute approximate surface area is 152 Å². The fourth-order valence-electron chi connectivity index (χ4n) is 2.60. The molecule has 7 heteroatoms. The summed E-state index contributed by atoms with van der Waals surface area (Å²) in [4.78, 5) is 23.1. The number of carbonyl (C=O) groups is 1. The lowest BCUT2D eigenvalue weighted by Crippen LogP contribution is -2.34. The van der Waals surface area contributed by atoms with Crippen LogP contribution in [0.2, 0.25) is 0 Å². The molecule has 138 valence electrons. The van der Waals surface area contributed by atoms with Gasteiger partial charge in [0.1, 0.15) is 11.5 Å². The van der Waals surface area contributed by atoms with Gasteiger partial charge in [0.15, 0.2) is 0 Å². The molecule has 0 aliphatic carbocycles. The van der Waals surface area contributed by atoms with Crippen molar-refractivity contribution in [1.82, 2.24) is 5.32 Å². The highest BCUT2D eigenvalue weighted by Gasteiger charge is 2.19. The molecule has 0 aliphatic heterocycles. The second-order valence-electron chi connectivity index (χ2n) is 5.80. The number of carbonyl (C=O) groups excluding carboxylic acids is 1. The van der Waals surface area contributed by atoms with E-state index in [2.05, 4.69) is 5.32 Å². The van der Waals surface area contributed by atoms with E-state index in [1.54, 1.807) is 14.0 Å². The molecule has 0 fully saturated rings. The van der Waals surface area contributed by atoms with Gasteiger partial charge in [-0.3, -0.25) is 14.9 Å². The monoisotopic (exact) mass is 358 g/mol. The molecule has 0 spiro atoms. The van der Waals surface area contributed by atoms with Crippen LogP contribution >= 0.6 is 0 Å². The first-order valence-corrected chi connectivity index (χ1v) is 8.29. The predicted octanol–water partition coefficient (Wildman–Crippen LogP) is 3.36. The zero-order valence-corrected chi connectivity index (χ0v) is 15.0. The molecule has 26 heavy (non-hydrogen) atoms. The maximum atomic E-state index is 12.6. The highest BCUT2D eigenvalue weighted by atomic mass is 16.6.